The Bertz CT molecular complexity index is 599. The first-order valence-corrected chi connectivity index (χ1v) is 8.39. The molecule has 116 valence electrons. The lowest BCUT2D eigenvalue weighted by Gasteiger charge is -2.13. The minimum absolute atomic E-state index is 0.0336. The third kappa shape index (κ3) is 4.68. The topological polar surface area (TPSA) is 63.4 Å². The highest BCUT2D eigenvalue weighted by molar-refractivity contribution is 8.26. The van der Waals surface area contributed by atoms with Crippen molar-refractivity contribution in [2.24, 2.45) is 5.73 Å². The van der Waals surface area contributed by atoms with Crippen LogP contribution in [0.15, 0.2) is 35.2 Å². The number of primary amides is 1. The molecule has 0 bridgehead atoms. The number of carbonyl (C=O) groups excluding carboxylic acids is 2. The number of hydrogen-bond donors (Lipinski definition) is 1. The Hall–Kier alpha value is -1.66. The van der Waals surface area contributed by atoms with Gasteiger partial charge in [0.2, 0.25) is 5.91 Å². The summed E-state index contributed by atoms with van der Waals surface area (Å²) in [6, 6.07) is 9.72. The molecule has 1 aromatic carbocycles. The molecule has 4 nitrogen and oxygen atoms in total. The standard InChI is InChI=1S/C16H18N2O2S2/c17-14(19)9-5-2-6-10-18-15(20)13(22-16(18)21)11-12-7-3-1-4-8-12/h1,3-4,7-8,11H,2,5-6,9-10H2,(H2,17,19)/b13-11+. The Balaban J connectivity index is 1.89. The van der Waals surface area contributed by atoms with Crippen molar-refractivity contribution < 1.29 is 9.59 Å². The van der Waals surface area contributed by atoms with Crippen LogP contribution in [-0.4, -0.2) is 27.6 Å². The van der Waals surface area contributed by atoms with Gasteiger partial charge in [-0.05, 0) is 24.5 Å². The first kappa shape index (κ1) is 16.7. The van der Waals surface area contributed by atoms with Gasteiger partial charge in [0.15, 0.2) is 0 Å². The van der Waals surface area contributed by atoms with Crippen LogP contribution in [0.25, 0.3) is 6.08 Å². The molecule has 0 aromatic heterocycles. The molecule has 1 aromatic rings. The zero-order valence-electron chi connectivity index (χ0n) is 12.2. The third-order valence-electron chi connectivity index (χ3n) is 3.28. The van der Waals surface area contributed by atoms with Crippen molar-refractivity contribution in [3.8, 4) is 0 Å². The van der Waals surface area contributed by atoms with E-state index < -0.39 is 0 Å². The van der Waals surface area contributed by atoms with Crippen molar-refractivity contribution in [1.29, 1.82) is 0 Å². The van der Waals surface area contributed by atoms with E-state index in [0.29, 0.717) is 22.2 Å². The predicted octanol–water partition coefficient (Wildman–Crippen LogP) is 2.93. The second-order valence-corrected chi connectivity index (χ2v) is 6.70. The first-order chi connectivity index (χ1) is 10.6. The quantitative estimate of drug-likeness (QED) is 0.473. The van der Waals surface area contributed by atoms with Crippen molar-refractivity contribution in [1.82, 2.24) is 4.90 Å². The summed E-state index contributed by atoms with van der Waals surface area (Å²) in [6.45, 7) is 0.593. The predicted molar refractivity (Wildman–Crippen MR) is 94.0 cm³/mol. The Labute approximate surface area is 139 Å². The molecule has 0 aliphatic carbocycles. The molecule has 0 saturated carbocycles. The summed E-state index contributed by atoms with van der Waals surface area (Å²) >= 11 is 6.62. The fraction of sp³-hybridized carbons (Fsp3) is 0.312. The zero-order chi connectivity index (χ0) is 15.9. The summed E-state index contributed by atoms with van der Waals surface area (Å²) in [5.41, 5.74) is 6.09. The molecule has 0 spiro atoms. The fourth-order valence-electron chi connectivity index (χ4n) is 2.14. The largest absolute Gasteiger partial charge is 0.370 e. The Morgan fingerprint density at radius 2 is 1.95 bits per heavy atom. The maximum atomic E-state index is 12.4. The maximum Gasteiger partial charge on any atom is 0.266 e. The lowest BCUT2D eigenvalue weighted by molar-refractivity contribution is -0.122. The maximum absolute atomic E-state index is 12.4. The van der Waals surface area contributed by atoms with Gasteiger partial charge >= 0.3 is 0 Å². The Morgan fingerprint density at radius 3 is 2.64 bits per heavy atom. The van der Waals surface area contributed by atoms with Gasteiger partial charge < -0.3 is 5.73 Å². The molecular formula is C16H18N2O2S2. The van der Waals surface area contributed by atoms with E-state index >= 15 is 0 Å². The summed E-state index contributed by atoms with van der Waals surface area (Å²) in [4.78, 5) is 25.3. The van der Waals surface area contributed by atoms with E-state index in [2.05, 4.69) is 0 Å². The van der Waals surface area contributed by atoms with Crippen LogP contribution < -0.4 is 5.73 Å². The average molecular weight is 334 g/mol. The van der Waals surface area contributed by atoms with Crippen LogP contribution in [0.3, 0.4) is 0 Å². The van der Waals surface area contributed by atoms with Gasteiger partial charge in [0.1, 0.15) is 4.32 Å². The molecule has 2 rings (SSSR count). The number of unbranched alkanes of at least 4 members (excludes halogenated alkanes) is 2. The first-order valence-electron chi connectivity index (χ1n) is 7.16. The molecule has 2 amide bonds. The highest BCUT2D eigenvalue weighted by Gasteiger charge is 2.31. The summed E-state index contributed by atoms with van der Waals surface area (Å²) < 4.78 is 0.599. The molecule has 0 unspecified atom stereocenters. The minimum Gasteiger partial charge on any atom is -0.370 e. The molecule has 0 atom stereocenters. The Kier molecular flexibility index (Phi) is 6.15. The average Bonchev–Trinajstić information content (AvgIpc) is 2.75. The number of carbonyl (C=O) groups is 2. The number of rotatable bonds is 7. The number of thiocarbonyl (C=S) groups is 1. The highest BCUT2D eigenvalue weighted by atomic mass is 32.2. The van der Waals surface area contributed by atoms with Gasteiger partial charge in [-0.15, -0.1) is 0 Å². The van der Waals surface area contributed by atoms with Gasteiger partial charge in [-0.3, -0.25) is 14.5 Å². The summed E-state index contributed by atoms with van der Waals surface area (Å²) in [5, 5.41) is 0. The second kappa shape index (κ2) is 8.10. The minimum atomic E-state index is -0.281. The fourth-order valence-corrected chi connectivity index (χ4v) is 3.45. The van der Waals surface area contributed by atoms with Crippen LogP contribution in [-0.2, 0) is 9.59 Å². The lowest BCUT2D eigenvalue weighted by Crippen LogP contribution is -2.29. The second-order valence-electron chi connectivity index (χ2n) is 5.02. The molecule has 1 fully saturated rings. The lowest BCUT2D eigenvalue weighted by atomic mass is 10.2. The van der Waals surface area contributed by atoms with E-state index in [1.54, 1.807) is 4.90 Å². The van der Waals surface area contributed by atoms with Crippen LogP contribution in [0.5, 0.6) is 0 Å². The molecule has 1 heterocycles. The van der Waals surface area contributed by atoms with Gasteiger partial charge in [-0.25, -0.2) is 0 Å². The SMILES string of the molecule is NC(=O)CCCCCN1C(=O)/C(=C\c2ccccc2)SC1=S. The van der Waals surface area contributed by atoms with Crippen molar-refractivity contribution in [3.63, 3.8) is 0 Å². The molecule has 1 aliphatic heterocycles. The number of thioether (sulfide) groups is 1. The van der Waals surface area contributed by atoms with Gasteiger partial charge in [-0.2, -0.15) is 0 Å². The van der Waals surface area contributed by atoms with Crippen LogP contribution in [0.1, 0.15) is 31.2 Å². The molecular weight excluding hydrogens is 316 g/mol. The van der Waals surface area contributed by atoms with Gasteiger partial charge in [0, 0.05) is 13.0 Å². The van der Waals surface area contributed by atoms with Crippen molar-refractivity contribution in [2.75, 3.05) is 6.54 Å². The van der Waals surface area contributed by atoms with E-state index in [4.69, 9.17) is 18.0 Å². The normalized spacial score (nSPS) is 16.5. The molecule has 22 heavy (non-hydrogen) atoms. The third-order valence-corrected chi connectivity index (χ3v) is 4.65. The summed E-state index contributed by atoms with van der Waals surface area (Å²) in [6.07, 6.45) is 4.69. The zero-order valence-corrected chi connectivity index (χ0v) is 13.8. The van der Waals surface area contributed by atoms with Crippen LogP contribution in [0, 0.1) is 0 Å². The van der Waals surface area contributed by atoms with Crippen LogP contribution >= 0.6 is 24.0 Å². The van der Waals surface area contributed by atoms with E-state index in [-0.39, 0.29) is 11.8 Å². The van der Waals surface area contributed by atoms with Crippen molar-refractivity contribution in [3.05, 3.63) is 40.8 Å². The van der Waals surface area contributed by atoms with Crippen molar-refractivity contribution in [2.45, 2.75) is 25.7 Å². The van der Waals surface area contributed by atoms with Gasteiger partial charge in [0.25, 0.3) is 5.91 Å². The van der Waals surface area contributed by atoms with E-state index in [1.165, 1.54) is 11.8 Å². The van der Waals surface area contributed by atoms with Crippen LogP contribution in [0.4, 0.5) is 0 Å². The molecule has 0 radical (unpaired) electrons. The number of nitrogens with zero attached hydrogens (tertiary/aromatic N) is 1. The highest BCUT2D eigenvalue weighted by Crippen LogP contribution is 2.32. The summed E-state index contributed by atoms with van der Waals surface area (Å²) in [5.74, 6) is -0.315. The number of hydrogen-bond acceptors (Lipinski definition) is 4. The number of benzene rings is 1. The van der Waals surface area contributed by atoms with Gasteiger partial charge in [-0.1, -0.05) is 60.7 Å². The Morgan fingerprint density at radius 1 is 1.23 bits per heavy atom. The summed E-state index contributed by atoms with van der Waals surface area (Å²) in [7, 11) is 0. The van der Waals surface area contributed by atoms with Gasteiger partial charge in [0.05, 0.1) is 4.91 Å². The van der Waals surface area contributed by atoms with E-state index in [9.17, 15) is 9.59 Å². The molecule has 1 aliphatic rings. The van der Waals surface area contributed by atoms with Crippen LogP contribution in [0.2, 0.25) is 0 Å². The number of nitrogens with two attached hydrogens (primary N) is 1. The monoisotopic (exact) mass is 334 g/mol. The van der Waals surface area contributed by atoms with E-state index in [1.807, 2.05) is 36.4 Å². The van der Waals surface area contributed by atoms with E-state index in [0.717, 1.165) is 24.8 Å². The smallest absolute Gasteiger partial charge is 0.266 e. The molecule has 6 heteroatoms. The molecule has 1 saturated heterocycles. The number of amides is 2. The molecule has 2 N–H and O–H groups in total. The van der Waals surface area contributed by atoms with Crippen molar-refractivity contribution >= 4 is 46.2 Å².